The monoisotopic (exact) mass is 355 g/mol. The van der Waals surface area contributed by atoms with E-state index in [1.165, 1.54) is 6.07 Å². The highest BCUT2D eigenvalue weighted by molar-refractivity contribution is 6.07. The van der Waals surface area contributed by atoms with Gasteiger partial charge < -0.3 is 15.0 Å². The summed E-state index contributed by atoms with van der Waals surface area (Å²) in [4.78, 5) is 25.6. The topological polar surface area (TPSA) is 84.7 Å². The fourth-order valence-electron chi connectivity index (χ4n) is 3.13. The standard InChI is InChI=1S/C19H21N3O4/c1-13-9-14(2)11-15(10-13)20-19(23)17-12-16(3-4-18(17)22(24)25)21-5-7-26-8-6-21/h3-4,9-12H,5-8H2,1-2H3,(H,20,23). The van der Waals surface area contributed by atoms with Crippen molar-refractivity contribution in [2.45, 2.75) is 13.8 Å². The summed E-state index contributed by atoms with van der Waals surface area (Å²) < 4.78 is 5.33. The van der Waals surface area contributed by atoms with Crippen LogP contribution in [0.4, 0.5) is 17.1 Å². The Hall–Kier alpha value is -2.93. The van der Waals surface area contributed by atoms with E-state index in [1.54, 1.807) is 12.1 Å². The fraction of sp³-hybridized carbons (Fsp3) is 0.316. The number of aryl methyl sites for hydroxylation is 2. The number of anilines is 2. The van der Waals surface area contributed by atoms with Crippen molar-refractivity contribution in [3.8, 4) is 0 Å². The second-order valence-electron chi connectivity index (χ2n) is 6.39. The van der Waals surface area contributed by atoms with E-state index in [0.29, 0.717) is 32.0 Å². The first kappa shape index (κ1) is 17.9. The number of amides is 1. The van der Waals surface area contributed by atoms with Crippen molar-refractivity contribution in [1.82, 2.24) is 0 Å². The molecule has 0 radical (unpaired) electrons. The van der Waals surface area contributed by atoms with Gasteiger partial charge in [-0.05, 0) is 49.2 Å². The van der Waals surface area contributed by atoms with Gasteiger partial charge in [-0.3, -0.25) is 14.9 Å². The van der Waals surface area contributed by atoms with E-state index in [1.807, 2.05) is 32.0 Å². The lowest BCUT2D eigenvalue weighted by molar-refractivity contribution is -0.385. The lowest BCUT2D eigenvalue weighted by atomic mass is 10.1. The second-order valence-corrected chi connectivity index (χ2v) is 6.39. The van der Waals surface area contributed by atoms with Crippen LogP contribution in [0.3, 0.4) is 0 Å². The molecule has 2 aromatic rings. The third-order valence-corrected chi connectivity index (χ3v) is 4.28. The predicted molar refractivity (Wildman–Crippen MR) is 100.0 cm³/mol. The number of hydrogen-bond acceptors (Lipinski definition) is 5. The minimum Gasteiger partial charge on any atom is -0.378 e. The summed E-state index contributed by atoms with van der Waals surface area (Å²) in [6.45, 7) is 6.45. The van der Waals surface area contributed by atoms with Crippen LogP contribution in [0.25, 0.3) is 0 Å². The molecule has 26 heavy (non-hydrogen) atoms. The molecule has 1 fully saturated rings. The number of benzene rings is 2. The lowest BCUT2D eigenvalue weighted by Crippen LogP contribution is -2.36. The smallest absolute Gasteiger partial charge is 0.282 e. The summed E-state index contributed by atoms with van der Waals surface area (Å²) in [5, 5.41) is 14.1. The molecular formula is C19H21N3O4. The molecule has 0 unspecified atom stereocenters. The van der Waals surface area contributed by atoms with Crippen LogP contribution in [0.2, 0.25) is 0 Å². The van der Waals surface area contributed by atoms with Crippen molar-refractivity contribution in [3.63, 3.8) is 0 Å². The number of nitrogens with zero attached hydrogens (tertiary/aromatic N) is 2. The Labute approximate surface area is 151 Å². The Morgan fingerprint density at radius 2 is 1.77 bits per heavy atom. The summed E-state index contributed by atoms with van der Waals surface area (Å²) >= 11 is 0. The van der Waals surface area contributed by atoms with Crippen LogP contribution in [0.15, 0.2) is 36.4 Å². The van der Waals surface area contributed by atoms with E-state index in [-0.39, 0.29) is 11.3 Å². The largest absolute Gasteiger partial charge is 0.378 e. The molecule has 0 bridgehead atoms. The van der Waals surface area contributed by atoms with E-state index in [2.05, 4.69) is 10.2 Å². The van der Waals surface area contributed by atoms with Gasteiger partial charge in [0.05, 0.1) is 18.1 Å². The van der Waals surface area contributed by atoms with E-state index in [0.717, 1.165) is 16.8 Å². The Morgan fingerprint density at radius 1 is 1.12 bits per heavy atom. The van der Waals surface area contributed by atoms with Gasteiger partial charge in [0.15, 0.2) is 0 Å². The number of morpholine rings is 1. The minimum atomic E-state index is -0.528. The van der Waals surface area contributed by atoms with Crippen molar-refractivity contribution >= 4 is 23.0 Å². The average molecular weight is 355 g/mol. The first-order valence-corrected chi connectivity index (χ1v) is 8.45. The maximum Gasteiger partial charge on any atom is 0.282 e. The van der Waals surface area contributed by atoms with Crippen LogP contribution in [0, 0.1) is 24.0 Å². The number of rotatable bonds is 4. The van der Waals surface area contributed by atoms with Gasteiger partial charge in [0.25, 0.3) is 11.6 Å². The zero-order valence-electron chi connectivity index (χ0n) is 14.8. The molecule has 7 nitrogen and oxygen atoms in total. The Balaban J connectivity index is 1.92. The van der Waals surface area contributed by atoms with Crippen LogP contribution < -0.4 is 10.2 Å². The van der Waals surface area contributed by atoms with Crippen LogP contribution in [0.1, 0.15) is 21.5 Å². The van der Waals surface area contributed by atoms with Gasteiger partial charge in [0, 0.05) is 30.5 Å². The van der Waals surface area contributed by atoms with Crippen LogP contribution in [-0.2, 0) is 4.74 Å². The Morgan fingerprint density at radius 3 is 2.38 bits per heavy atom. The van der Waals surface area contributed by atoms with Crippen LogP contribution in [-0.4, -0.2) is 37.1 Å². The maximum atomic E-state index is 12.7. The number of hydrogen-bond donors (Lipinski definition) is 1. The summed E-state index contributed by atoms with van der Waals surface area (Å²) in [5.74, 6) is -0.489. The molecule has 0 spiro atoms. The summed E-state index contributed by atoms with van der Waals surface area (Å²) in [5.41, 5.74) is 3.28. The Bertz CT molecular complexity index is 824. The molecule has 0 aromatic heterocycles. The van der Waals surface area contributed by atoms with Crippen molar-refractivity contribution in [2.24, 2.45) is 0 Å². The zero-order valence-corrected chi connectivity index (χ0v) is 14.8. The predicted octanol–water partition coefficient (Wildman–Crippen LogP) is 3.30. The van der Waals surface area contributed by atoms with Crippen LogP contribution >= 0.6 is 0 Å². The van der Waals surface area contributed by atoms with Gasteiger partial charge in [-0.1, -0.05) is 6.07 Å². The fourth-order valence-corrected chi connectivity index (χ4v) is 3.13. The highest BCUT2D eigenvalue weighted by atomic mass is 16.6. The third kappa shape index (κ3) is 4.00. The molecule has 1 amide bonds. The summed E-state index contributed by atoms with van der Waals surface area (Å²) in [7, 11) is 0. The summed E-state index contributed by atoms with van der Waals surface area (Å²) in [6, 6.07) is 10.3. The van der Waals surface area contributed by atoms with Gasteiger partial charge in [0.2, 0.25) is 0 Å². The number of nitro benzene ring substituents is 1. The molecule has 1 aliphatic rings. The molecule has 1 saturated heterocycles. The number of ether oxygens (including phenoxy) is 1. The van der Waals surface area contributed by atoms with Crippen molar-refractivity contribution in [3.05, 3.63) is 63.2 Å². The quantitative estimate of drug-likeness (QED) is 0.672. The molecule has 3 rings (SSSR count). The van der Waals surface area contributed by atoms with E-state index in [9.17, 15) is 14.9 Å². The molecule has 2 aromatic carbocycles. The SMILES string of the molecule is Cc1cc(C)cc(NC(=O)c2cc(N3CCOCC3)ccc2[N+](=O)[O-])c1. The highest BCUT2D eigenvalue weighted by Gasteiger charge is 2.23. The molecule has 136 valence electrons. The number of nitrogens with one attached hydrogen (secondary N) is 1. The molecule has 0 aliphatic carbocycles. The van der Waals surface area contributed by atoms with Gasteiger partial charge >= 0.3 is 0 Å². The van der Waals surface area contributed by atoms with E-state index in [4.69, 9.17) is 4.74 Å². The Kier molecular flexibility index (Phi) is 5.18. The van der Waals surface area contributed by atoms with Crippen molar-refractivity contribution in [2.75, 3.05) is 36.5 Å². The van der Waals surface area contributed by atoms with E-state index < -0.39 is 10.8 Å². The van der Waals surface area contributed by atoms with Gasteiger partial charge in [0.1, 0.15) is 5.56 Å². The van der Waals surface area contributed by atoms with Gasteiger partial charge in [-0.2, -0.15) is 0 Å². The maximum absolute atomic E-state index is 12.7. The minimum absolute atomic E-state index is 0.0538. The first-order chi connectivity index (χ1) is 12.4. The highest BCUT2D eigenvalue weighted by Crippen LogP contribution is 2.27. The van der Waals surface area contributed by atoms with Crippen molar-refractivity contribution in [1.29, 1.82) is 0 Å². The van der Waals surface area contributed by atoms with Crippen LogP contribution in [0.5, 0.6) is 0 Å². The number of carbonyl (C=O) groups excluding carboxylic acids is 1. The van der Waals surface area contributed by atoms with Crippen molar-refractivity contribution < 1.29 is 14.5 Å². The molecule has 1 heterocycles. The normalized spacial score (nSPS) is 14.2. The molecular weight excluding hydrogens is 334 g/mol. The van der Waals surface area contributed by atoms with Gasteiger partial charge in [-0.15, -0.1) is 0 Å². The number of nitro groups is 1. The second kappa shape index (κ2) is 7.53. The van der Waals surface area contributed by atoms with E-state index >= 15 is 0 Å². The first-order valence-electron chi connectivity index (χ1n) is 8.45. The van der Waals surface area contributed by atoms with Gasteiger partial charge in [-0.25, -0.2) is 0 Å². The molecule has 0 atom stereocenters. The summed E-state index contributed by atoms with van der Waals surface area (Å²) in [6.07, 6.45) is 0. The average Bonchev–Trinajstić information content (AvgIpc) is 2.61. The molecule has 0 saturated carbocycles. The molecule has 1 N–H and O–H groups in total. The molecule has 7 heteroatoms. The number of carbonyl (C=O) groups is 1. The zero-order chi connectivity index (χ0) is 18.7. The molecule has 1 aliphatic heterocycles. The lowest BCUT2D eigenvalue weighted by Gasteiger charge is -2.29. The third-order valence-electron chi connectivity index (χ3n) is 4.28.